The molecule has 0 aliphatic rings. The number of pyridine rings is 2. The molecule has 0 aliphatic carbocycles. The maximum atomic E-state index is 6.34. The molecule has 41 heavy (non-hydrogen) atoms. The zero-order chi connectivity index (χ0) is 28.1. The molecular weight excluding hydrogens is 574 g/mol. The van der Waals surface area contributed by atoms with Crippen LogP contribution in [0.5, 0.6) is 11.6 Å². The quantitative estimate of drug-likeness (QED) is 0.185. The highest BCUT2D eigenvalue weighted by atomic mass is 79.9. The van der Waals surface area contributed by atoms with Crippen LogP contribution in [0, 0.1) is 20.8 Å². The van der Waals surface area contributed by atoms with Crippen LogP contribution in [0.15, 0.2) is 108 Å². The van der Waals surface area contributed by atoms with Gasteiger partial charge < -0.3 is 4.74 Å². The Morgan fingerprint density at radius 3 is 2.46 bits per heavy atom. The topological polar surface area (TPSA) is 57.8 Å². The number of halogens is 1. The van der Waals surface area contributed by atoms with Crippen molar-refractivity contribution in [2.75, 3.05) is 0 Å². The van der Waals surface area contributed by atoms with Crippen molar-refractivity contribution in [3.05, 3.63) is 125 Å². The zero-order valence-electron chi connectivity index (χ0n) is 22.8. The van der Waals surface area contributed by atoms with E-state index in [9.17, 15) is 0 Å². The van der Waals surface area contributed by atoms with Crippen LogP contribution in [0.2, 0.25) is 0 Å². The van der Waals surface area contributed by atoms with Crippen LogP contribution < -0.4 is 4.74 Å². The van der Waals surface area contributed by atoms with Gasteiger partial charge in [0.15, 0.2) is 0 Å². The van der Waals surface area contributed by atoms with Crippen LogP contribution in [-0.4, -0.2) is 24.3 Å². The number of ether oxygens (including phenoxy) is 1. The molecule has 0 atom stereocenters. The number of hydrogen-bond acceptors (Lipinski definition) is 4. The standard InChI is InChI=1S/C34H26BrN5O/c1-21-11-13-27(23(3)22(21)2)24-19-37-39(20-24)25-16-32(35)38-34(17-25)41-26-12-14-29-28-8-4-5-9-30(28)40(31(29)18-26)33-10-6-7-15-36-33/h4-20H,1-3H3. The number of benzene rings is 3. The fourth-order valence-corrected chi connectivity index (χ4v) is 5.79. The summed E-state index contributed by atoms with van der Waals surface area (Å²) in [5.74, 6) is 2.00. The van der Waals surface area contributed by atoms with Crippen LogP contribution in [0.3, 0.4) is 0 Å². The third-order valence-corrected chi connectivity index (χ3v) is 8.12. The van der Waals surface area contributed by atoms with Crippen molar-refractivity contribution in [2.24, 2.45) is 0 Å². The second-order valence-electron chi connectivity index (χ2n) is 10.2. The Labute approximate surface area is 246 Å². The van der Waals surface area contributed by atoms with E-state index in [2.05, 4.69) is 92.7 Å². The molecular formula is C34H26BrN5O. The number of aromatic nitrogens is 5. The summed E-state index contributed by atoms with van der Waals surface area (Å²) in [4.78, 5) is 9.22. The fourth-order valence-electron chi connectivity index (χ4n) is 5.38. The van der Waals surface area contributed by atoms with Crippen molar-refractivity contribution in [1.82, 2.24) is 24.3 Å². The molecule has 3 aromatic carbocycles. The molecule has 7 heteroatoms. The lowest BCUT2D eigenvalue weighted by Crippen LogP contribution is -1.98. The summed E-state index contributed by atoms with van der Waals surface area (Å²) in [7, 11) is 0. The first kappa shape index (κ1) is 25.2. The molecule has 6 nitrogen and oxygen atoms in total. The molecule has 4 heterocycles. The van der Waals surface area contributed by atoms with Gasteiger partial charge in [0.05, 0.1) is 22.9 Å². The van der Waals surface area contributed by atoms with Gasteiger partial charge in [-0.15, -0.1) is 0 Å². The van der Waals surface area contributed by atoms with Gasteiger partial charge in [-0.2, -0.15) is 5.10 Å². The maximum Gasteiger partial charge on any atom is 0.222 e. The first-order valence-electron chi connectivity index (χ1n) is 13.4. The molecule has 0 amide bonds. The summed E-state index contributed by atoms with van der Waals surface area (Å²) >= 11 is 3.57. The molecule has 0 N–H and O–H groups in total. The average molecular weight is 601 g/mol. The number of para-hydroxylation sites is 1. The molecule has 0 unspecified atom stereocenters. The van der Waals surface area contributed by atoms with E-state index in [1.54, 1.807) is 0 Å². The summed E-state index contributed by atoms with van der Waals surface area (Å²) in [5.41, 5.74) is 9.05. The molecule has 7 aromatic rings. The van der Waals surface area contributed by atoms with Gasteiger partial charge in [0.1, 0.15) is 16.2 Å². The van der Waals surface area contributed by atoms with Crippen molar-refractivity contribution < 1.29 is 4.74 Å². The van der Waals surface area contributed by atoms with Crippen LogP contribution in [0.1, 0.15) is 16.7 Å². The highest BCUT2D eigenvalue weighted by molar-refractivity contribution is 9.10. The van der Waals surface area contributed by atoms with Gasteiger partial charge in [0.25, 0.3) is 0 Å². The Bertz CT molecular complexity index is 2080. The predicted octanol–water partition coefficient (Wildman–Crippen LogP) is 8.91. The first-order valence-corrected chi connectivity index (χ1v) is 14.2. The normalized spacial score (nSPS) is 11.4. The molecule has 0 aliphatic heterocycles. The van der Waals surface area contributed by atoms with Crippen molar-refractivity contribution in [2.45, 2.75) is 20.8 Å². The summed E-state index contributed by atoms with van der Waals surface area (Å²) in [6.07, 6.45) is 5.75. The van der Waals surface area contributed by atoms with E-state index in [0.717, 1.165) is 38.9 Å². The second kappa shape index (κ2) is 10.0. The largest absolute Gasteiger partial charge is 0.439 e. The number of hydrogen-bond donors (Lipinski definition) is 0. The monoisotopic (exact) mass is 599 g/mol. The van der Waals surface area contributed by atoms with Crippen molar-refractivity contribution in [1.29, 1.82) is 0 Å². The van der Waals surface area contributed by atoms with Crippen molar-refractivity contribution in [3.63, 3.8) is 0 Å². The van der Waals surface area contributed by atoms with Crippen molar-refractivity contribution >= 4 is 37.7 Å². The summed E-state index contributed by atoms with van der Waals surface area (Å²) in [6.45, 7) is 6.46. The molecule has 0 saturated carbocycles. The fraction of sp³-hybridized carbons (Fsp3) is 0.0882. The molecule has 7 rings (SSSR count). The summed E-state index contributed by atoms with van der Waals surface area (Å²) in [5, 5.41) is 6.95. The molecule has 0 radical (unpaired) electrons. The highest BCUT2D eigenvalue weighted by Crippen LogP contribution is 2.35. The Hall–Kier alpha value is -4.75. The molecule has 0 saturated heterocycles. The lowest BCUT2D eigenvalue weighted by atomic mass is 9.96. The van der Waals surface area contributed by atoms with Gasteiger partial charge in [-0.25, -0.2) is 14.6 Å². The third-order valence-electron chi connectivity index (χ3n) is 7.72. The zero-order valence-corrected chi connectivity index (χ0v) is 24.4. The summed E-state index contributed by atoms with van der Waals surface area (Å²) < 4.78 is 11.0. The Morgan fingerprint density at radius 2 is 1.61 bits per heavy atom. The van der Waals surface area contributed by atoms with E-state index < -0.39 is 0 Å². The number of fused-ring (bicyclic) bond motifs is 3. The highest BCUT2D eigenvalue weighted by Gasteiger charge is 2.15. The van der Waals surface area contributed by atoms with E-state index in [1.165, 1.54) is 22.3 Å². The minimum Gasteiger partial charge on any atom is -0.439 e. The van der Waals surface area contributed by atoms with E-state index in [1.807, 2.05) is 71.8 Å². The Morgan fingerprint density at radius 1 is 0.780 bits per heavy atom. The number of nitrogens with zero attached hydrogens (tertiary/aromatic N) is 5. The minimum absolute atomic E-state index is 0.466. The Kier molecular flexibility index (Phi) is 6.16. The Balaban J connectivity index is 1.26. The van der Waals surface area contributed by atoms with Crippen LogP contribution >= 0.6 is 15.9 Å². The van der Waals surface area contributed by atoms with Gasteiger partial charge in [0, 0.05) is 40.9 Å². The predicted molar refractivity (Wildman–Crippen MR) is 167 cm³/mol. The van der Waals surface area contributed by atoms with Crippen molar-refractivity contribution in [3.8, 4) is 34.3 Å². The molecule has 0 spiro atoms. The van der Waals surface area contributed by atoms with Gasteiger partial charge >= 0.3 is 0 Å². The second-order valence-corrected chi connectivity index (χ2v) is 11.0. The number of aryl methyl sites for hydroxylation is 1. The van der Waals surface area contributed by atoms with E-state index in [4.69, 9.17) is 4.74 Å². The summed E-state index contributed by atoms with van der Waals surface area (Å²) in [6, 6.07) is 28.6. The molecule has 200 valence electrons. The van der Waals surface area contributed by atoms with E-state index >= 15 is 0 Å². The lowest BCUT2D eigenvalue weighted by molar-refractivity contribution is 0.462. The van der Waals surface area contributed by atoms with E-state index in [0.29, 0.717) is 16.2 Å². The van der Waals surface area contributed by atoms with Gasteiger partial charge in [-0.1, -0.05) is 36.4 Å². The van der Waals surface area contributed by atoms with Gasteiger partial charge in [0.2, 0.25) is 5.88 Å². The van der Waals surface area contributed by atoms with E-state index in [-0.39, 0.29) is 0 Å². The maximum absolute atomic E-state index is 6.34. The molecule has 4 aromatic heterocycles. The van der Waals surface area contributed by atoms with Gasteiger partial charge in [-0.05, 0) is 95.4 Å². The average Bonchev–Trinajstić information content (AvgIpc) is 3.59. The van der Waals surface area contributed by atoms with Crippen LogP contribution in [0.4, 0.5) is 0 Å². The van der Waals surface area contributed by atoms with Crippen LogP contribution in [0.25, 0.3) is 44.4 Å². The molecule has 0 fully saturated rings. The first-order chi connectivity index (χ1) is 20.0. The SMILES string of the molecule is Cc1ccc(-c2cnn(-c3cc(Br)nc(Oc4ccc5c6ccccc6n(-c6ccccn6)c5c4)c3)c2)c(C)c1C. The third kappa shape index (κ3) is 4.48. The lowest BCUT2D eigenvalue weighted by Gasteiger charge is -2.10. The van der Waals surface area contributed by atoms with Gasteiger partial charge in [-0.3, -0.25) is 4.57 Å². The van der Waals surface area contributed by atoms with Crippen LogP contribution in [-0.2, 0) is 0 Å². The minimum atomic E-state index is 0.466. The molecule has 0 bridgehead atoms. The number of rotatable bonds is 5. The smallest absolute Gasteiger partial charge is 0.222 e.